The topological polar surface area (TPSA) is 97.0 Å². The number of imidazole rings is 1. The largest absolute Gasteiger partial charge is 0.452 e. The van der Waals surface area contributed by atoms with E-state index in [4.69, 9.17) is 4.74 Å². The summed E-state index contributed by atoms with van der Waals surface area (Å²) >= 11 is 0. The van der Waals surface area contributed by atoms with Crippen LogP contribution in [0.4, 0.5) is 5.69 Å². The number of aromatic amines is 1. The SMILES string of the molecule is Cc1cc(NC(=O)COC(=O)c2ccc3nc[nH]c3c2)c2ccccc2n1. The summed E-state index contributed by atoms with van der Waals surface area (Å²) in [6, 6.07) is 14.3. The Morgan fingerprint density at radius 3 is 2.85 bits per heavy atom. The Hall–Kier alpha value is -3.74. The summed E-state index contributed by atoms with van der Waals surface area (Å²) in [5.41, 5.74) is 4.05. The average molecular weight is 360 g/mol. The molecule has 0 fully saturated rings. The van der Waals surface area contributed by atoms with Crippen LogP contribution in [-0.2, 0) is 9.53 Å². The summed E-state index contributed by atoms with van der Waals surface area (Å²) in [6.45, 7) is 1.48. The number of nitrogens with zero attached hydrogens (tertiary/aromatic N) is 2. The van der Waals surface area contributed by atoms with Crippen LogP contribution in [0.15, 0.2) is 54.9 Å². The zero-order valence-electron chi connectivity index (χ0n) is 14.5. The van der Waals surface area contributed by atoms with Crippen molar-refractivity contribution in [3.8, 4) is 0 Å². The predicted octanol–water partition coefficient (Wildman–Crippen LogP) is 3.22. The molecule has 27 heavy (non-hydrogen) atoms. The molecule has 0 aliphatic heterocycles. The minimum atomic E-state index is -0.572. The second-order valence-corrected chi connectivity index (χ2v) is 6.09. The Balaban J connectivity index is 1.44. The van der Waals surface area contributed by atoms with Crippen LogP contribution in [0.5, 0.6) is 0 Å². The lowest BCUT2D eigenvalue weighted by Crippen LogP contribution is -2.21. The number of H-pyrrole nitrogens is 1. The van der Waals surface area contributed by atoms with Gasteiger partial charge in [0.1, 0.15) is 0 Å². The zero-order valence-corrected chi connectivity index (χ0v) is 14.5. The monoisotopic (exact) mass is 360 g/mol. The third-order valence-corrected chi connectivity index (χ3v) is 4.11. The van der Waals surface area contributed by atoms with Crippen LogP contribution in [0.1, 0.15) is 16.1 Å². The molecule has 0 saturated heterocycles. The summed E-state index contributed by atoms with van der Waals surface area (Å²) in [5, 5.41) is 3.61. The first kappa shape index (κ1) is 16.7. The van der Waals surface area contributed by atoms with E-state index in [2.05, 4.69) is 20.3 Å². The molecular formula is C20H16N4O3. The molecule has 0 bridgehead atoms. The van der Waals surface area contributed by atoms with Gasteiger partial charge in [0.25, 0.3) is 5.91 Å². The van der Waals surface area contributed by atoms with Crippen molar-refractivity contribution in [1.29, 1.82) is 0 Å². The number of rotatable bonds is 4. The number of aromatic nitrogens is 3. The van der Waals surface area contributed by atoms with Crippen molar-refractivity contribution in [2.75, 3.05) is 11.9 Å². The van der Waals surface area contributed by atoms with E-state index < -0.39 is 11.9 Å². The molecule has 2 N–H and O–H groups in total. The third kappa shape index (κ3) is 3.48. The highest BCUT2D eigenvalue weighted by atomic mass is 16.5. The smallest absolute Gasteiger partial charge is 0.338 e. The summed E-state index contributed by atoms with van der Waals surface area (Å²) in [4.78, 5) is 35.9. The van der Waals surface area contributed by atoms with E-state index in [9.17, 15) is 9.59 Å². The molecule has 2 aromatic heterocycles. The fourth-order valence-corrected chi connectivity index (χ4v) is 2.87. The van der Waals surface area contributed by atoms with E-state index in [0.29, 0.717) is 11.3 Å². The minimum Gasteiger partial charge on any atom is -0.452 e. The Morgan fingerprint density at radius 2 is 1.96 bits per heavy atom. The summed E-state index contributed by atoms with van der Waals surface area (Å²) in [5.74, 6) is -0.987. The number of hydrogen-bond acceptors (Lipinski definition) is 5. The number of carbonyl (C=O) groups is 2. The summed E-state index contributed by atoms with van der Waals surface area (Å²) in [7, 11) is 0. The maximum absolute atomic E-state index is 12.2. The van der Waals surface area contributed by atoms with Gasteiger partial charge in [0, 0.05) is 11.1 Å². The molecule has 0 aliphatic carbocycles. The molecule has 0 aliphatic rings. The number of ether oxygens (including phenoxy) is 1. The van der Waals surface area contributed by atoms with E-state index in [-0.39, 0.29) is 6.61 Å². The van der Waals surface area contributed by atoms with Gasteiger partial charge < -0.3 is 15.0 Å². The van der Waals surface area contributed by atoms with E-state index in [1.807, 2.05) is 31.2 Å². The van der Waals surface area contributed by atoms with Gasteiger partial charge in [-0.15, -0.1) is 0 Å². The van der Waals surface area contributed by atoms with E-state index in [0.717, 1.165) is 27.6 Å². The van der Waals surface area contributed by atoms with Gasteiger partial charge in [0.15, 0.2) is 6.61 Å². The number of aryl methyl sites for hydroxylation is 1. The van der Waals surface area contributed by atoms with E-state index in [1.165, 1.54) is 0 Å². The molecule has 4 rings (SSSR count). The Bertz CT molecular complexity index is 1170. The molecular weight excluding hydrogens is 344 g/mol. The normalized spacial score (nSPS) is 10.9. The van der Waals surface area contributed by atoms with Crippen molar-refractivity contribution in [3.05, 3.63) is 66.1 Å². The minimum absolute atomic E-state index is 0.352. The van der Waals surface area contributed by atoms with Crippen molar-refractivity contribution in [1.82, 2.24) is 15.0 Å². The number of esters is 1. The summed E-state index contributed by atoms with van der Waals surface area (Å²) in [6.07, 6.45) is 1.55. The maximum atomic E-state index is 12.2. The quantitative estimate of drug-likeness (QED) is 0.545. The number of amides is 1. The first-order valence-corrected chi connectivity index (χ1v) is 8.37. The molecule has 2 aromatic carbocycles. The second kappa shape index (κ2) is 6.87. The number of fused-ring (bicyclic) bond motifs is 2. The number of carbonyl (C=O) groups excluding carboxylic acids is 2. The van der Waals surface area contributed by atoms with Crippen molar-refractivity contribution in [3.63, 3.8) is 0 Å². The highest BCUT2D eigenvalue weighted by Gasteiger charge is 2.13. The molecule has 0 spiro atoms. The lowest BCUT2D eigenvalue weighted by atomic mass is 10.1. The standard InChI is InChI=1S/C20H16N4O3/c1-12-8-17(14-4-2-3-5-15(14)23-12)24-19(25)10-27-20(26)13-6-7-16-18(9-13)22-11-21-16/h2-9,11H,10H2,1H3,(H,21,22)(H,23,24,25). The van der Waals surface area contributed by atoms with Crippen LogP contribution in [0.3, 0.4) is 0 Å². The summed E-state index contributed by atoms with van der Waals surface area (Å²) < 4.78 is 5.13. The third-order valence-electron chi connectivity index (χ3n) is 4.11. The van der Waals surface area contributed by atoms with Crippen molar-refractivity contribution in [2.45, 2.75) is 6.92 Å². The van der Waals surface area contributed by atoms with Crippen LogP contribution < -0.4 is 5.32 Å². The Morgan fingerprint density at radius 1 is 1.11 bits per heavy atom. The van der Waals surface area contributed by atoms with Crippen molar-refractivity contribution >= 4 is 39.5 Å². The lowest BCUT2D eigenvalue weighted by Gasteiger charge is -2.10. The molecule has 0 saturated carbocycles. The van der Waals surface area contributed by atoms with Gasteiger partial charge in [-0.1, -0.05) is 18.2 Å². The van der Waals surface area contributed by atoms with Gasteiger partial charge in [-0.2, -0.15) is 0 Å². The zero-order chi connectivity index (χ0) is 18.8. The first-order valence-electron chi connectivity index (χ1n) is 8.37. The van der Waals surface area contributed by atoms with Crippen LogP contribution in [0.25, 0.3) is 21.9 Å². The van der Waals surface area contributed by atoms with Gasteiger partial charge in [0.2, 0.25) is 0 Å². The average Bonchev–Trinajstić information content (AvgIpc) is 3.13. The lowest BCUT2D eigenvalue weighted by molar-refractivity contribution is -0.119. The van der Waals surface area contributed by atoms with Crippen molar-refractivity contribution < 1.29 is 14.3 Å². The fourth-order valence-electron chi connectivity index (χ4n) is 2.87. The molecule has 1 amide bonds. The van der Waals surface area contributed by atoms with Gasteiger partial charge in [-0.05, 0) is 37.3 Å². The van der Waals surface area contributed by atoms with Gasteiger partial charge >= 0.3 is 5.97 Å². The van der Waals surface area contributed by atoms with Gasteiger partial charge in [0.05, 0.1) is 34.1 Å². The molecule has 134 valence electrons. The number of anilines is 1. The molecule has 4 aromatic rings. The van der Waals surface area contributed by atoms with Crippen molar-refractivity contribution in [2.24, 2.45) is 0 Å². The van der Waals surface area contributed by atoms with Crippen LogP contribution in [0.2, 0.25) is 0 Å². The number of hydrogen-bond donors (Lipinski definition) is 2. The maximum Gasteiger partial charge on any atom is 0.338 e. The predicted molar refractivity (Wildman–Crippen MR) is 101 cm³/mol. The molecule has 7 nitrogen and oxygen atoms in total. The van der Waals surface area contributed by atoms with Gasteiger partial charge in [-0.3, -0.25) is 9.78 Å². The molecule has 0 unspecified atom stereocenters. The number of nitrogens with one attached hydrogen (secondary N) is 2. The number of benzene rings is 2. The highest BCUT2D eigenvalue weighted by Crippen LogP contribution is 2.22. The van der Waals surface area contributed by atoms with Gasteiger partial charge in [-0.25, -0.2) is 9.78 Å². The van der Waals surface area contributed by atoms with Crippen LogP contribution in [0, 0.1) is 6.92 Å². The Labute approximate surface area is 154 Å². The fraction of sp³-hybridized carbons (Fsp3) is 0.100. The first-order chi connectivity index (χ1) is 13.1. The number of pyridine rings is 1. The van der Waals surface area contributed by atoms with Crippen LogP contribution in [-0.4, -0.2) is 33.4 Å². The number of para-hydroxylation sites is 1. The van der Waals surface area contributed by atoms with Crippen LogP contribution >= 0.6 is 0 Å². The molecule has 2 heterocycles. The second-order valence-electron chi connectivity index (χ2n) is 6.09. The van der Waals surface area contributed by atoms with E-state index in [1.54, 1.807) is 30.6 Å². The van der Waals surface area contributed by atoms with E-state index >= 15 is 0 Å². The highest BCUT2D eigenvalue weighted by molar-refractivity contribution is 6.02. The molecule has 0 radical (unpaired) electrons. The molecule has 7 heteroatoms. The molecule has 0 atom stereocenters. The Kier molecular flexibility index (Phi) is 4.25.